The summed E-state index contributed by atoms with van der Waals surface area (Å²) in [6, 6.07) is 14.4. The predicted molar refractivity (Wildman–Crippen MR) is 95.3 cm³/mol. The van der Waals surface area contributed by atoms with Crippen LogP contribution >= 0.6 is 0 Å². The Hall–Kier alpha value is -3.35. The first-order valence-corrected chi connectivity index (χ1v) is 8.09. The van der Waals surface area contributed by atoms with E-state index in [0.29, 0.717) is 41.8 Å². The maximum Gasteiger partial charge on any atom is 0.251 e. The molecule has 26 heavy (non-hydrogen) atoms. The van der Waals surface area contributed by atoms with Crippen molar-refractivity contribution >= 4 is 5.91 Å². The van der Waals surface area contributed by atoms with Crippen LogP contribution in [0.1, 0.15) is 16.2 Å². The van der Waals surface area contributed by atoms with Crippen molar-refractivity contribution in [2.75, 3.05) is 20.8 Å². The van der Waals surface area contributed by atoms with E-state index in [9.17, 15) is 4.79 Å². The Morgan fingerprint density at radius 3 is 2.73 bits per heavy atom. The number of hydrogen-bond donors (Lipinski definition) is 1. The third-order valence-corrected chi connectivity index (χ3v) is 3.76. The predicted octanol–water partition coefficient (Wildman–Crippen LogP) is 2.73. The Morgan fingerprint density at radius 2 is 1.92 bits per heavy atom. The SMILES string of the molecule is COc1cccc(C(=O)NCCc2nnc(-c3ccccc3OC)o2)c1. The lowest BCUT2D eigenvalue weighted by Gasteiger charge is -2.05. The Balaban J connectivity index is 1.59. The number of rotatable bonds is 7. The molecule has 3 aromatic rings. The maximum atomic E-state index is 12.2. The molecule has 0 saturated carbocycles. The molecule has 0 atom stereocenters. The first kappa shape index (κ1) is 17.5. The molecule has 0 fully saturated rings. The number of nitrogens with one attached hydrogen (secondary N) is 1. The highest BCUT2D eigenvalue weighted by molar-refractivity contribution is 5.94. The maximum absolute atomic E-state index is 12.2. The summed E-state index contributed by atoms with van der Waals surface area (Å²) < 4.78 is 16.1. The molecule has 1 amide bonds. The van der Waals surface area contributed by atoms with Gasteiger partial charge in [-0.25, -0.2) is 0 Å². The molecule has 0 saturated heterocycles. The number of benzene rings is 2. The van der Waals surface area contributed by atoms with Gasteiger partial charge in [-0.05, 0) is 30.3 Å². The minimum atomic E-state index is -0.187. The highest BCUT2D eigenvalue weighted by Gasteiger charge is 2.13. The standard InChI is InChI=1S/C19H19N3O4/c1-24-14-7-5-6-13(12-14)18(23)20-11-10-17-21-22-19(26-17)15-8-3-4-9-16(15)25-2/h3-9,12H,10-11H2,1-2H3,(H,20,23). The second-order valence-corrected chi connectivity index (χ2v) is 5.44. The summed E-state index contributed by atoms with van der Waals surface area (Å²) in [5.41, 5.74) is 1.26. The molecule has 7 heteroatoms. The van der Waals surface area contributed by atoms with Crippen LogP contribution in [0, 0.1) is 0 Å². The average Bonchev–Trinajstić information content (AvgIpc) is 3.16. The number of carbonyl (C=O) groups is 1. The summed E-state index contributed by atoms with van der Waals surface area (Å²) in [6.07, 6.45) is 0.428. The fraction of sp³-hybridized carbons (Fsp3) is 0.211. The van der Waals surface area contributed by atoms with Gasteiger partial charge < -0.3 is 19.2 Å². The molecule has 0 aliphatic heterocycles. The Bertz CT molecular complexity index is 892. The van der Waals surface area contributed by atoms with Crippen LogP contribution in [-0.4, -0.2) is 36.9 Å². The van der Waals surface area contributed by atoms with Crippen LogP contribution < -0.4 is 14.8 Å². The lowest BCUT2D eigenvalue weighted by molar-refractivity contribution is 0.0953. The van der Waals surface area contributed by atoms with Crippen molar-refractivity contribution in [1.29, 1.82) is 0 Å². The van der Waals surface area contributed by atoms with Crippen molar-refractivity contribution in [2.45, 2.75) is 6.42 Å². The molecule has 0 aliphatic carbocycles. The summed E-state index contributed by atoms with van der Waals surface area (Å²) in [7, 11) is 3.15. The molecular weight excluding hydrogens is 334 g/mol. The van der Waals surface area contributed by atoms with Gasteiger partial charge >= 0.3 is 0 Å². The van der Waals surface area contributed by atoms with E-state index in [-0.39, 0.29) is 5.91 Å². The number of ether oxygens (including phenoxy) is 2. The molecule has 134 valence electrons. The molecule has 0 unspecified atom stereocenters. The van der Waals surface area contributed by atoms with Crippen LogP contribution in [0.2, 0.25) is 0 Å². The smallest absolute Gasteiger partial charge is 0.251 e. The fourth-order valence-corrected chi connectivity index (χ4v) is 2.43. The second kappa shape index (κ2) is 8.15. The van der Waals surface area contributed by atoms with Gasteiger partial charge in [0.25, 0.3) is 11.8 Å². The van der Waals surface area contributed by atoms with Crippen molar-refractivity contribution in [3.8, 4) is 23.0 Å². The lowest BCUT2D eigenvalue weighted by Crippen LogP contribution is -2.25. The van der Waals surface area contributed by atoms with Crippen LogP contribution in [-0.2, 0) is 6.42 Å². The van der Waals surface area contributed by atoms with Crippen LogP contribution in [0.15, 0.2) is 52.9 Å². The van der Waals surface area contributed by atoms with E-state index < -0.39 is 0 Å². The Kier molecular flexibility index (Phi) is 5.48. The summed E-state index contributed by atoms with van der Waals surface area (Å²) in [4.78, 5) is 12.2. The van der Waals surface area contributed by atoms with Crippen LogP contribution in [0.3, 0.4) is 0 Å². The average molecular weight is 353 g/mol. The van der Waals surface area contributed by atoms with E-state index in [2.05, 4.69) is 15.5 Å². The quantitative estimate of drug-likeness (QED) is 0.703. The number of methoxy groups -OCH3 is 2. The monoisotopic (exact) mass is 353 g/mol. The molecule has 0 spiro atoms. The van der Waals surface area contributed by atoms with Gasteiger partial charge in [0, 0.05) is 18.5 Å². The zero-order chi connectivity index (χ0) is 18.4. The number of aromatic nitrogens is 2. The molecule has 1 aromatic heterocycles. The van der Waals surface area contributed by atoms with Crippen molar-refractivity contribution in [3.63, 3.8) is 0 Å². The second-order valence-electron chi connectivity index (χ2n) is 5.44. The first-order chi connectivity index (χ1) is 12.7. The van der Waals surface area contributed by atoms with E-state index >= 15 is 0 Å². The van der Waals surface area contributed by atoms with Gasteiger partial charge in [0.1, 0.15) is 11.5 Å². The lowest BCUT2D eigenvalue weighted by atomic mass is 10.2. The number of nitrogens with zero attached hydrogens (tertiary/aromatic N) is 2. The van der Waals surface area contributed by atoms with Crippen LogP contribution in [0.25, 0.3) is 11.5 Å². The van der Waals surface area contributed by atoms with E-state index in [1.807, 2.05) is 24.3 Å². The molecule has 1 heterocycles. The van der Waals surface area contributed by atoms with Gasteiger partial charge in [-0.1, -0.05) is 18.2 Å². The van der Waals surface area contributed by atoms with Crippen molar-refractivity contribution in [1.82, 2.24) is 15.5 Å². The van der Waals surface area contributed by atoms with Crippen molar-refractivity contribution < 1.29 is 18.7 Å². The highest BCUT2D eigenvalue weighted by Crippen LogP contribution is 2.28. The fourth-order valence-electron chi connectivity index (χ4n) is 2.43. The van der Waals surface area contributed by atoms with Gasteiger partial charge in [0.05, 0.1) is 19.8 Å². The van der Waals surface area contributed by atoms with E-state index in [1.165, 1.54) is 0 Å². The molecule has 0 bridgehead atoms. The van der Waals surface area contributed by atoms with E-state index in [4.69, 9.17) is 13.9 Å². The van der Waals surface area contributed by atoms with Crippen molar-refractivity contribution in [3.05, 3.63) is 60.0 Å². The summed E-state index contributed by atoms with van der Waals surface area (Å²) in [5.74, 6) is 1.94. The molecule has 0 radical (unpaired) electrons. The normalized spacial score (nSPS) is 10.4. The zero-order valence-electron chi connectivity index (χ0n) is 14.6. The molecular formula is C19H19N3O4. The van der Waals surface area contributed by atoms with E-state index in [1.54, 1.807) is 38.5 Å². The van der Waals surface area contributed by atoms with Gasteiger partial charge in [0.15, 0.2) is 0 Å². The molecule has 3 rings (SSSR count). The van der Waals surface area contributed by atoms with Gasteiger partial charge in [0.2, 0.25) is 5.89 Å². The summed E-state index contributed by atoms with van der Waals surface area (Å²) in [6.45, 7) is 0.379. The minimum Gasteiger partial charge on any atom is -0.497 e. The number of carbonyl (C=O) groups excluding carboxylic acids is 1. The number of para-hydroxylation sites is 1. The zero-order valence-corrected chi connectivity index (χ0v) is 14.6. The van der Waals surface area contributed by atoms with Gasteiger partial charge in [-0.2, -0.15) is 0 Å². The number of hydrogen-bond acceptors (Lipinski definition) is 6. The Labute approximate surface area is 151 Å². The van der Waals surface area contributed by atoms with Crippen molar-refractivity contribution in [2.24, 2.45) is 0 Å². The molecule has 7 nitrogen and oxygen atoms in total. The summed E-state index contributed by atoms with van der Waals surface area (Å²) >= 11 is 0. The topological polar surface area (TPSA) is 86.5 Å². The summed E-state index contributed by atoms with van der Waals surface area (Å²) in [5, 5.41) is 10.9. The Morgan fingerprint density at radius 1 is 1.08 bits per heavy atom. The largest absolute Gasteiger partial charge is 0.497 e. The molecule has 2 aromatic carbocycles. The third-order valence-electron chi connectivity index (χ3n) is 3.76. The molecule has 1 N–H and O–H groups in total. The van der Waals surface area contributed by atoms with Gasteiger partial charge in [-0.15, -0.1) is 10.2 Å². The van der Waals surface area contributed by atoms with E-state index in [0.717, 1.165) is 5.56 Å². The highest BCUT2D eigenvalue weighted by atomic mass is 16.5. The van der Waals surface area contributed by atoms with Crippen LogP contribution in [0.5, 0.6) is 11.5 Å². The number of amides is 1. The first-order valence-electron chi connectivity index (χ1n) is 8.09. The van der Waals surface area contributed by atoms with Crippen LogP contribution in [0.4, 0.5) is 0 Å². The third kappa shape index (κ3) is 4.00. The minimum absolute atomic E-state index is 0.187. The van der Waals surface area contributed by atoms with Gasteiger partial charge in [-0.3, -0.25) is 4.79 Å². The molecule has 0 aliphatic rings.